The topological polar surface area (TPSA) is 585 Å². The Morgan fingerprint density at radius 3 is 1.13 bits per heavy atom. The maximum atomic E-state index is 13.4. The van der Waals surface area contributed by atoms with Crippen molar-refractivity contribution < 1.29 is 60.1 Å². The minimum atomic E-state index is -0.600. The van der Waals surface area contributed by atoms with Crippen LogP contribution < -0.4 is 64.7 Å². The van der Waals surface area contributed by atoms with Crippen LogP contribution in [0.5, 0.6) is 11.5 Å². The highest BCUT2D eigenvalue weighted by atomic mass is 19.1. The fourth-order valence-electron chi connectivity index (χ4n) is 14.6. The molecule has 45 nitrogen and oxygen atoms in total. The summed E-state index contributed by atoms with van der Waals surface area (Å²) in [7, 11) is 6.44. The minimum Gasteiger partial charge on any atom is -0.494 e. The van der Waals surface area contributed by atoms with Crippen molar-refractivity contribution in [3.63, 3.8) is 0 Å². The summed E-state index contributed by atoms with van der Waals surface area (Å²) in [6.07, 6.45) is 42.8. The number of ether oxygens (including phenoxy) is 3. The number of fused-ring (bicyclic) bond motifs is 5. The molecular weight excluding hydrogens is 1790 g/mol. The summed E-state index contributed by atoms with van der Waals surface area (Å²) in [5.41, 5.74) is 40.8. The molecule has 19 heterocycles. The van der Waals surface area contributed by atoms with Crippen molar-refractivity contribution in [1.82, 2.24) is 132 Å². The third-order valence-corrected chi connectivity index (χ3v) is 20.9. The van der Waals surface area contributed by atoms with Crippen molar-refractivity contribution in [3.05, 3.63) is 266 Å². The van der Waals surface area contributed by atoms with E-state index in [4.69, 9.17) is 42.9 Å². The second-order valence-corrected chi connectivity index (χ2v) is 29.7. The first-order valence-corrected chi connectivity index (χ1v) is 41.1. The van der Waals surface area contributed by atoms with E-state index in [0.29, 0.717) is 75.8 Å². The van der Waals surface area contributed by atoms with Gasteiger partial charge in [-0.3, -0.25) is 53.9 Å². The molecule has 0 aliphatic heterocycles. The van der Waals surface area contributed by atoms with Crippen molar-refractivity contribution in [2.75, 3.05) is 83.2 Å². The van der Waals surface area contributed by atoms with Crippen LogP contribution >= 0.6 is 0 Å². The van der Waals surface area contributed by atoms with Crippen LogP contribution in [0.1, 0.15) is 95.5 Å². The number of carbonyl (C=O) groups is 5. The molecule has 0 atom stereocenters. The van der Waals surface area contributed by atoms with E-state index in [2.05, 4.69) is 129 Å². The molecule has 0 aromatic carbocycles. The Labute approximate surface area is 768 Å². The molecule has 19 aromatic heterocycles. The normalized spacial score (nSPS) is 11.5. The molecular formula is C87H78F5N37O8. The lowest BCUT2D eigenvalue weighted by molar-refractivity contribution is 0.102. The third kappa shape index (κ3) is 19.4. The zero-order valence-corrected chi connectivity index (χ0v) is 72.9. The number of halogens is 5. The highest BCUT2D eigenvalue weighted by Crippen LogP contribution is 2.46. The molecule has 1 aliphatic carbocycles. The maximum Gasteiger partial charge on any atom is 0.263 e. The zero-order chi connectivity index (χ0) is 96.4. The Hall–Kier alpha value is -18.8. The lowest BCUT2D eigenvalue weighted by Gasteiger charge is -2.14. The first kappa shape index (κ1) is 91.5. The number of anilines is 10. The molecule has 15 N–H and O–H groups in total. The highest BCUT2D eigenvalue weighted by molar-refractivity contribution is 6.16. The Kier molecular flexibility index (Phi) is 26.6. The molecule has 137 heavy (non-hydrogen) atoms. The van der Waals surface area contributed by atoms with Crippen LogP contribution in [0.25, 0.3) is 73.1 Å². The van der Waals surface area contributed by atoms with Gasteiger partial charge in [-0.15, -0.1) is 25.5 Å². The molecule has 0 radical (unpaired) electrons. The zero-order valence-electron chi connectivity index (χ0n) is 72.9. The van der Waals surface area contributed by atoms with Crippen LogP contribution in [0, 0.1) is 29.1 Å². The predicted molar refractivity (Wildman–Crippen MR) is 488 cm³/mol. The van der Waals surface area contributed by atoms with Gasteiger partial charge in [-0.1, -0.05) is 13.0 Å². The Morgan fingerprint density at radius 2 is 0.752 bits per heavy atom. The van der Waals surface area contributed by atoms with Gasteiger partial charge in [0.25, 0.3) is 29.5 Å². The standard InChI is InChI=1S/C18H17FN8O2.C18H14FN7O2.C17H15FN8O2.C17H15FN8O.C17H17FN6O/c1-29-5-4-26-10-22-8-14(26)12-2-3-21-7-13(12)24-18(28)15-16(20)25-27-9-11(19)6-23-17(15)27;1-28-13-8-22-7-12(14(13)10-3-2-4-21-5-10)24-18(27)15-16(20)25-26-9-11(19)6-23-17(15)26;1-25-8-21-5-11(25)13-10(4-20-6-12(13)28-2)23-17(27)14-15(19)24-26-7-9(18)3-22-16(14)26;1-2-25-9-21-7-13(25)11-3-4-20-6-12(11)23-17(27)14-15(19)24-26-8-10(18)5-22-16(14)26;1-2-9-5-20-7-12(13(9)10-3-4-10)22-17(25)14-15(19)23-24-8-11(18)6-21-16(14)24/h2-3,6-10H,4-5H2,1H3,(H2,20,25)(H,24,28);2-9H,1H3,(H2,20,25)(H,24,27);3-8H,1-2H3,(H2,19,24)(H,23,27);3-9H,2H2,1H3,(H2,19,24)(H,23,27);5-8,10H,2-4H2,1H3,(H2,19,23)(H,22,25). The molecule has 20 rings (SSSR count). The first-order valence-electron chi connectivity index (χ1n) is 41.1. The molecule has 50 heteroatoms. The Bertz CT molecular complexity index is 7780. The van der Waals surface area contributed by atoms with Crippen molar-refractivity contribution in [3.8, 4) is 56.4 Å². The van der Waals surface area contributed by atoms with E-state index >= 15 is 0 Å². The molecule has 0 saturated heterocycles. The molecule has 5 amide bonds. The summed E-state index contributed by atoms with van der Waals surface area (Å²) in [6.45, 7) is 5.89. The monoisotopic (exact) mass is 1860 g/mol. The number of rotatable bonds is 22. The SMILES string of the molecule is CCc1cncc(NC(=O)c2c(N)nn3cc(F)cnc23)c1C1CC1.CCn1cncc1-c1ccncc1NC(=O)c1c(N)nn2cc(F)cnc12.COCCn1cncc1-c1ccncc1NC(=O)c1c(N)nn2cc(F)cnc12.COc1cncc(NC(=O)c2c(N)nn3cc(F)cnc23)c1-c1cccnc1.COc1cncc(NC(=O)c2c(N)nn3cc(F)cnc23)c1-c1cncn1C. The van der Waals surface area contributed by atoms with Crippen LogP contribution in [-0.4, -0.2) is 189 Å². The van der Waals surface area contributed by atoms with Crippen LogP contribution in [0.2, 0.25) is 0 Å². The number of pyridine rings is 6. The summed E-state index contributed by atoms with van der Waals surface area (Å²) in [5.74, 6) is -4.42. The number of aromatic nitrogens is 27. The van der Waals surface area contributed by atoms with Crippen molar-refractivity contribution >= 4 is 115 Å². The maximum absolute atomic E-state index is 13.4. The van der Waals surface area contributed by atoms with Gasteiger partial charge in [0.2, 0.25) is 0 Å². The lowest BCUT2D eigenvalue weighted by Crippen LogP contribution is -2.16. The molecule has 0 spiro atoms. The summed E-state index contributed by atoms with van der Waals surface area (Å²) >= 11 is 0. The minimum absolute atomic E-state index is 0.00294. The van der Waals surface area contributed by atoms with Crippen molar-refractivity contribution in [2.24, 2.45) is 7.05 Å². The van der Waals surface area contributed by atoms with Gasteiger partial charge in [0.15, 0.2) is 86.4 Å². The second kappa shape index (κ2) is 39.9. The molecule has 1 aliphatic rings. The van der Waals surface area contributed by atoms with Gasteiger partial charge in [0, 0.05) is 74.9 Å². The summed E-state index contributed by atoms with van der Waals surface area (Å²) < 4.78 is 93.9. The number of nitrogen functional groups attached to an aromatic ring is 5. The Balaban J connectivity index is 0.000000124. The second-order valence-electron chi connectivity index (χ2n) is 29.7. The molecule has 1 saturated carbocycles. The number of hydrogen-bond donors (Lipinski definition) is 10. The highest BCUT2D eigenvalue weighted by Gasteiger charge is 2.33. The first-order chi connectivity index (χ1) is 66.3. The van der Waals surface area contributed by atoms with Crippen molar-refractivity contribution in [1.29, 1.82) is 0 Å². The molecule has 694 valence electrons. The fourth-order valence-corrected chi connectivity index (χ4v) is 14.6. The van der Waals surface area contributed by atoms with E-state index in [1.165, 1.54) is 55.9 Å². The molecule has 1 fully saturated rings. The predicted octanol–water partition coefficient (Wildman–Crippen LogP) is 9.80. The van der Waals surface area contributed by atoms with E-state index in [0.717, 1.165) is 145 Å². The molecule has 0 bridgehead atoms. The van der Waals surface area contributed by atoms with Crippen LogP contribution in [-0.2, 0) is 31.3 Å². The van der Waals surface area contributed by atoms with E-state index in [1.807, 2.05) is 35.4 Å². The number of amides is 5. The number of imidazole rings is 3. The van der Waals surface area contributed by atoms with Gasteiger partial charge in [-0.25, -0.2) is 84.4 Å². The number of aryl methyl sites for hydroxylation is 3. The smallest absolute Gasteiger partial charge is 0.263 e. The van der Waals surface area contributed by atoms with Gasteiger partial charge in [-0.05, 0) is 61.4 Å². The third-order valence-electron chi connectivity index (χ3n) is 20.9. The van der Waals surface area contributed by atoms with Gasteiger partial charge in [0.05, 0.1) is 220 Å². The van der Waals surface area contributed by atoms with Gasteiger partial charge < -0.3 is 83.2 Å². The average molecular weight is 1860 g/mol. The number of nitrogens with zero attached hydrogens (tertiary/aromatic N) is 27. The van der Waals surface area contributed by atoms with Crippen LogP contribution in [0.15, 0.2) is 198 Å². The number of carbonyl (C=O) groups excluding carboxylic acids is 5. The quantitative estimate of drug-likeness (QED) is 0.0282. The largest absolute Gasteiger partial charge is 0.494 e. The molecule has 0 unspecified atom stereocenters. The number of nitrogens with two attached hydrogens (primary N) is 5. The Morgan fingerprint density at radius 1 is 0.394 bits per heavy atom. The average Bonchev–Trinajstić information content (AvgIpc) is 1.65. The summed E-state index contributed by atoms with van der Waals surface area (Å²) in [4.78, 5) is 121. The number of hydrogen-bond acceptors (Lipinski definition) is 32. The van der Waals surface area contributed by atoms with E-state index in [1.54, 1.807) is 98.4 Å². The number of nitrogens with one attached hydrogen (secondary N) is 5. The fraction of sp³-hybridized carbons (Fsp3) is 0.149. The van der Waals surface area contributed by atoms with Crippen molar-refractivity contribution in [2.45, 2.75) is 52.1 Å². The van der Waals surface area contributed by atoms with Gasteiger partial charge in [0.1, 0.15) is 39.3 Å². The van der Waals surface area contributed by atoms with E-state index in [9.17, 15) is 45.9 Å². The van der Waals surface area contributed by atoms with Crippen LogP contribution in [0.3, 0.4) is 0 Å². The summed E-state index contributed by atoms with van der Waals surface area (Å²) in [5, 5.41) is 33.7. The van der Waals surface area contributed by atoms with E-state index < -0.39 is 58.6 Å². The molecule has 19 aromatic rings. The van der Waals surface area contributed by atoms with E-state index in [-0.39, 0.29) is 85.1 Å². The lowest BCUT2D eigenvalue weighted by atomic mass is 10.0. The van der Waals surface area contributed by atoms with Crippen LogP contribution in [0.4, 0.5) is 79.5 Å². The van der Waals surface area contributed by atoms with Gasteiger partial charge >= 0.3 is 0 Å². The van der Waals surface area contributed by atoms with Gasteiger partial charge in [-0.2, -0.15) is 0 Å². The number of methoxy groups -OCH3 is 3. The summed E-state index contributed by atoms with van der Waals surface area (Å²) in [6, 6.07) is 7.14.